The van der Waals surface area contributed by atoms with Crippen LogP contribution in [0.5, 0.6) is 0 Å². The summed E-state index contributed by atoms with van der Waals surface area (Å²) < 4.78 is 4.27. The van der Waals surface area contributed by atoms with Gasteiger partial charge in [-0.3, -0.25) is 19.8 Å². The molecule has 0 saturated carbocycles. The average Bonchev–Trinajstić information content (AvgIpc) is 2.97. The van der Waals surface area contributed by atoms with Crippen LogP contribution in [-0.2, 0) is 0 Å². The summed E-state index contributed by atoms with van der Waals surface area (Å²) in [6.45, 7) is 0. The lowest BCUT2D eigenvalue weighted by atomic mass is 10.1. The summed E-state index contributed by atoms with van der Waals surface area (Å²) in [7, 11) is 0. The van der Waals surface area contributed by atoms with Crippen molar-refractivity contribution in [2.24, 2.45) is 0 Å². The molecule has 0 fully saturated rings. The van der Waals surface area contributed by atoms with Crippen LogP contribution >= 0.6 is 0 Å². The van der Waals surface area contributed by atoms with Gasteiger partial charge in [0, 0.05) is 0 Å². The number of benzene rings is 1. The second-order valence-corrected chi connectivity index (χ2v) is 3.93. The predicted molar refractivity (Wildman–Crippen MR) is 63.1 cm³/mol. The quantitative estimate of drug-likeness (QED) is 0.711. The Balaban J connectivity index is 1.87. The van der Waals surface area contributed by atoms with E-state index in [-0.39, 0.29) is 22.6 Å². The molecule has 2 aromatic rings. The molecular formula is C11H7N5O4. The van der Waals surface area contributed by atoms with Gasteiger partial charge in [0.25, 0.3) is 17.7 Å². The van der Waals surface area contributed by atoms with Gasteiger partial charge in [-0.1, -0.05) is 12.1 Å². The van der Waals surface area contributed by atoms with Crippen LogP contribution in [0.15, 0.2) is 28.9 Å². The first-order valence-corrected chi connectivity index (χ1v) is 5.46. The highest BCUT2D eigenvalue weighted by Gasteiger charge is 2.37. The van der Waals surface area contributed by atoms with Crippen LogP contribution < -0.4 is 11.2 Å². The van der Waals surface area contributed by atoms with Crippen LogP contribution in [0.4, 0.5) is 5.82 Å². The molecule has 3 rings (SSSR count). The van der Waals surface area contributed by atoms with Gasteiger partial charge in [-0.25, -0.2) is 4.63 Å². The fourth-order valence-corrected chi connectivity index (χ4v) is 1.80. The molecule has 0 bridgehead atoms. The number of hydrazine groups is 1. The van der Waals surface area contributed by atoms with Crippen LogP contribution in [0.3, 0.4) is 0 Å². The number of anilines is 1. The Kier molecular flexibility index (Phi) is 2.46. The normalized spacial score (nSPS) is 13.5. The summed E-state index contributed by atoms with van der Waals surface area (Å²) in [6.07, 6.45) is 0. The van der Waals surface area contributed by atoms with E-state index in [1.807, 2.05) is 0 Å². The molecule has 0 aliphatic carbocycles. The van der Waals surface area contributed by atoms with Crippen molar-refractivity contribution in [2.75, 3.05) is 5.73 Å². The zero-order valence-corrected chi connectivity index (χ0v) is 9.86. The number of hydrogen-bond donors (Lipinski definition) is 2. The van der Waals surface area contributed by atoms with Gasteiger partial charge in [-0.2, -0.15) is 5.01 Å². The number of carbonyl (C=O) groups is 3. The molecule has 3 amide bonds. The number of carbonyl (C=O) groups excluding carboxylic acids is 3. The summed E-state index contributed by atoms with van der Waals surface area (Å²) in [5.74, 6) is -2.36. The number of nitrogens with zero attached hydrogens (tertiary/aromatic N) is 3. The smallest absolute Gasteiger partial charge is 0.296 e. The lowest BCUT2D eigenvalue weighted by Gasteiger charge is -2.13. The zero-order chi connectivity index (χ0) is 14.3. The van der Waals surface area contributed by atoms with E-state index in [0.29, 0.717) is 5.01 Å². The van der Waals surface area contributed by atoms with Gasteiger partial charge in [0.15, 0.2) is 0 Å². The fraction of sp³-hybridized carbons (Fsp3) is 0. The lowest BCUT2D eigenvalue weighted by Crippen LogP contribution is -2.46. The van der Waals surface area contributed by atoms with Crippen LogP contribution in [0.1, 0.15) is 31.2 Å². The number of nitrogens with one attached hydrogen (secondary N) is 1. The van der Waals surface area contributed by atoms with E-state index in [9.17, 15) is 14.4 Å². The summed E-state index contributed by atoms with van der Waals surface area (Å²) in [5.41, 5.74) is 7.59. The molecule has 0 unspecified atom stereocenters. The van der Waals surface area contributed by atoms with E-state index in [1.165, 1.54) is 12.1 Å². The molecule has 3 N–H and O–H groups in total. The van der Waals surface area contributed by atoms with Crippen molar-refractivity contribution in [2.45, 2.75) is 0 Å². The minimum Gasteiger partial charge on any atom is -0.379 e. The third-order valence-corrected chi connectivity index (χ3v) is 2.74. The Bertz CT molecular complexity index is 703. The number of nitrogens with two attached hydrogens (primary N) is 1. The third kappa shape index (κ3) is 1.61. The molecule has 0 atom stereocenters. The monoisotopic (exact) mass is 273 g/mol. The van der Waals surface area contributed by atoms with E-state index in [2.05, 4.69) is 20.4 Å². The second kappa shape index (κ2) is 4.16. The van der Waals surface area contributed by atoms with Gasteiger partial charge in [-0.05, 0) is 22.4 Å². The van der Waals surface area contributed by atoms with Crippen molar-refractivity contribution < 1.29 is 19.0 Å². The maximum Gasteiger partial charge on any atom is 0.296 e. The highest BCUT2D eigenvalue weighted by Crippen LogP contribution is 2.21. The topological polar surface area (TPSA) is 131 Å². The molecule has 1 aliphatic heterocycles. The van der Waals surface area contributed by atoms with Crippen molar-refractivity contribution in [3.63, 3.8) is 0 Å². The second-order valence-electron chi connectivity index (χ2n) is 3.93. The standard InChI is InChI=1S/C11H7N5O4/c12-8-7(14-20-15-8)9(17)13-16-10(18)5-3-1-2-4-6(5)11(16)19/h1-4H,(H2,12,15)(H,13,17). The highest BCUT2D eigenvalue weighted by molar-refractivity contribution is 6.22. The van der Waals surface area contributed by atoms with Crippen molar-refractivity contribution in [3.8, 4) is 0 Å². The van der Waals surface area contributed by atoms with E-state index >= 15 is 0 Å². The Morgan fingerprint density at radius 1 is 1.15 bits per heavy atom. The summed E-state index contributed by atoms with van der Waals surface area (Å²) >= 11 is 0. The van der Waals surface area contributed by atoms with Crippen molar-refractivity contribution in [1.29, 1.82) is 0 Å². The number of aromatic nitrogens is 2. The Hall–Kier alpha value is -3.23. The van der Waals surface area contributed by atoms with E-state index < -0.39 is 17.7 Å². The Labute approximate surface area is 111 Å². The Morgan fingerprint density at radius 3 is 2.25 bits per heavy atom. The van der Waals surface area contributed by atoms with Crippen molar-refractivity contribution in [3.05, 3.63) is 41.1 Å². The van der Waals surface area contributed by atoms with Gasteiger partial charge in [0.2, 0.25) is 11.5 Å². The van der Waals surface area contributed by atoms with Gasteiger partial charge < -0.3 is 5.73 Å². The largest absolute Gasteiger partial charge is 0.379 e. The minimum absolute atomic E-state index is 0.212. The predicted octanol–water partition coefficient (Wildman–Crippen LogP) is -0.407. The first-order valence-electron chi connectivity index (χ1n) is 5.46. The van der Waals surface area contributed by atoms with Gasteiger partial charge >= 0.3 is 0 Å². The minimum atomic E-state index is -0.863. The molecular weight excluding hydrogens is 266 g/mol. The number of rotatable bonds is 2. The van der Waals surface area contributed by atoms with Crippen LogP contribution in [0, 0.1) is 0 Å². The average molecular weight is 273 g/mol. The van der Waals surface area contributed by atoms with Gasteiger partial charge in [0.1, 0.15) is 0 Å². The molecule has 2 heterocycles. The lowest BCUT2D eigenvalue weighted by molar-refractivity contribution is 0.0515. The number of nitrogen functional groups attached to an aromatic ring is 1. The molecule has 1 aliphatic rings. The third-order valence-electron chi connectivity index (χ3n) is 2.74. The maximum atomic E-state index is 12.0. The molecule has 9 nitrogen and oxygen atoms in total. The van der Waals surface area contributed by atoms with Crippen LogP contribution in [-0.4, -0.2) is 33.0 Å². The maximum absolute atomic E-state index is 12.0. The van der Waals surface area contributed by atoms with E-state index in [0.717, 1.165) is 0 Å². The van der Waals surface area contributed by atoms with Gasteiger partial charge in [0.05, 0.1) is 11.1 Å². The SMILES string of the molecule is Nc1nonc1C(=O)NN1C(=O)c2ccccc2C1=O. The van der Waals surface area contributed by atoms with E-state index in [4.69, 9.17) is 5.73 Å². The molecule has 0 radical (unpaired) electrons. The van der Waals surface area contributed by atoms with Gasteiger partial charge in [-0.15, -0.1) is 0 Å². The first-order chi connectivity index (χ1) is 9.59. The molecule has 1 aromatic carbocycles. The van der Waals surface area contributed by atoms with E-state index in [1.54, 1.807) is 12.1 Å². The Morgan fingerprint density at radius 2 is 1.75 bits per heavy atom. The number of amides is 3. The number of fused-ring (bicyclic) bond motifs is 1. The molecule has 1 aromatic heterocycles. The number of imide groups is 1. The number of hydrogen-bond acceptors (Lipinski definition) is 7. The summed E-state index contributed by atoms with van der Waals surface area (Å²) in [4.78, 5) is 35.8. The zero-order valence-electron chi connectivity index (χ0n) is 9.86. The molecule has 100 valence electrons. The van der Waals surface area contributed by atoms with Crippen LogP contribution in [0.2, 0.25) is 0 Å². The molecule has 9 heteroatoms. The summed E-state index contributed by atoms with van der Waals surface area (Å²) in [5, 5.41) is 7.12. The molecule has 20 heavy (non-hydrogen) atoms. The van der Waals surface area contributed by atoms with Crippen molar-refractivity contribution >= 4 is 23.5 Å². The van der Waals surface area contributed by atoms with Crippen molar-refractivity contribution in [1.82, 2.24) is 20.7 Å². The van der Waals surface area contributed by atoms with Crippen LogP contribution in [0.25, 0.3) is 0 Å². The molecule has 0 spiro atoms. The highest BCUT2D eigenvalue weighted by atomic mass is 16.6. The molecule has 0 saturated heterocycles. The fourth-order valence-electron chi connectivity index (χ4n) is 1.80. The summed E-state index contributed by atoms with van der Waals surface area (Å²) in [6, 6.07) is 6.23. The first kappa shape index (κ1) is 11.8.